The molecule has 2 amide bonds. The fourth-order valence-corrected chi connectivity index (χ4v) is 5.23. The topological polar surface area (TPSA) is 86.2 Å². The van der Waals surface area contributed by atoms with Crippen LogP contribution in [0.25, 0.3) is 0 Å². The van der Waals surface area contributed by atoms with E-state index in [0.29, 0.717) is 11.6 Å². The summed E-state index contributed by atoms with van der Waals surface area (Å²) in [7, 11) is 2.94. The number of amides is 2. The number of fused-ring (bicyclic) bond motifs is 1. The minimum Gasteiger partial charge on any atom is -0.465 e. The van der Waals surface area contributed by atoms with E-state index in [1.807, 2.05) is 0 Å². The summed E-state index contributed by atoms with van der Waals surface area (Å²) < 4.78 is 0. The Bertz CT molecular complexity index is 716. The molecule has 9 heteroatoms. The van der Waals surface area contributed by atoms with Crippen LogP contribution in [0.4, 0.5) is 4.79 Å². The van der Waals surface area contributed by atoms with Gasteiger partial charge in [-0.3, -0.25) is 19.4 Å². The molecule has 2 aliphatic heterocycles. The number of nitrogens with zero attached hydrogens (tertiary/aromatic N) is 4. The van der Waals surface area contributed by atoms with Crippen molar-refractivity contribution in [2.24, 2.45) is 5.41 Å². The Labute approximate surface area is 163 Å². The van der Waals surface area contributed by atoms with E-state index in [0.717, 1.165) is 24.4 Å². The number of carboxylic acid groups (broad SMARTS) is 1. The Morgan fingerprint density at radius 1 is 1.41 bits per heavy atom. The van der Waals surface area contributed by atoms with Gasteiger partial charge in [0.15, 0.2) is 0 Å². The molecule has 0 bridgehead atoms. The Kier molecular flexibility index (Phi) is 5.47. The van der Waals surface area contributed by atoms with Crippen LogP contribution in [-0.4, -0.2) is 76.3 Å². The molecule has 3 heterocycles. The second-order valence-corrected chi connectivity index (χ2v) is 9.17. The van der Waals surface area contributed by atoms with Gasteiger partial charge in [-0.05, 0) is 24.8 Å². The number of hydrogen-bond donors (Lipinski definition) is 1. The SMILES string of the molecule is CON(C)C(=O)c1csc([C@@H]2CN3CCC[C@H]3C(C(C)(C)C)N2C(=O)O)n1. The lowest BCUT2D eigenvalue weighted by molar-refractivity contribution is -0.0760. The van der Waals surface area contributed by atoms with Crippen LogP contribution in [-0.2, 0) is 4.84 Å². The number of rotatable bonds is 3. The molecule has 3 atom stereocenters. The van der Waals surface area contributed by atoms with Gasteiger partial charge in [-0.15, -0.1) is 11.3 Å². The lowest BCUT2D eigenvalue weighted by Crippen LogP contribution is -2.63. The highest BCUT2D eigenvalue weighted by Gasteiger charge is 2.51. The van der Waals surface area contributed by atoms with Gasteiger partial charge in [0.25, 0.3) is 5.91 Å². The van der Waals surface area contributed by atoms with E-state index in [2.05, 4.69) is 30.7 Å². The fourth-order valence-electron chi connectivity index (χ4n) is 4.35. The van der Waals surface area contributed by atoms with Crippen LogP contribution in [0, 0.1) is 5.41 Å². The molecule has 2 aliphatic rings. The Balaban J connectivity index is 1.97. The van der Waals surface area contributed by atoms with Crippen molar-refractivity contribution in [2.45, 2.75) is 51.7 Å². The lowest BCUT2D eigenvalue weighted by Gasteiger charge is -2.52. The molecule has 2 saturated heterocycles. The van der Waals surface area contributed by atoms with E-state index in [-0.39, 0.29) is 35.1 Å². The monoisotopic (exact) mass is 396 g/mol. The third-order valence-corrected chi connectivity index (χ3v) is 6.46. The van der Waals surface area contributed by atoms with Crippen LogP contribution in [0.3, 0.4) is 0 Å². The van der Waals surface area contributed by atoms with Gasteiger partial charge in [-0.2, -0.15) is 0 Å². The largest absolute Gasteiger partial charge is 0.465 e. The molecule has 1 N–H and O–H groups in total. The number of thiazole rings is 1. The van der Waals surface area contributed by atoms with Gasteiger partial charge in [0.1, 0.15) is 16.7 Å². The van der Waals surface area contributed by atoms with E-state index >= 15 is 0 Å². The Morgan fingerprint density at radius 3 is 2.70 bits per heavy atom. The molecular weight excluding hydrogens is 368 g/mol. The summed E-state index contributed by atoms with van der Waals surface area (Å²) in [6.07, 6.45) is 1.17. The molecule has 0 spiro atoms. The maximum atomic E-state index is 12.3. The van der Waals surface area contributed by atoms with Crippen molar-refractivity contribution in [1.82, 2.24) is 19.8 Å². The van der Waals surface area contributed by atoms with Gasteiger partial charge in [0.2, 0.25) is 0 Å². The zero-order chi connectivity index (χ0) is 19.9. The fraction of sp³-hybridized carbons (Fsp3) is 0.722. The van der Waals surface area contributed by atoms with E-state index in [4.69, 9.17) is 4.84 Å². The number of aromatic nitrogens is 1. The van der Waals surface area contributed by atoms with Gasteiger partial charge in [0.05, 0.1) is 13.2 Å². The van der Waals surface area contributed by atoms with Crippen LogP contribution >= 0.6 is 11.3 Å². The van der Waals surface area contributed by atoms with Gasteiger partial charge in [0, 0.05) is 25.0 Å². The summed E-state index contributed by atoms with van der Waals surface area (Å²) in [5, 5.41) is 13.5. The average molecular weight is 397 g/mol. The highest BCUT2D eigenvalue weighted by Crippen LogP contribution is 2.43. The lowest BCUT2D eigenvalue weighted by atomic mass is 9.78. The summed E-state index contributed by atoms with van der Waals surface area (Å²) in [5.41, 5.74) is 0.0804. The van der Waals surface area contributed by atoms with Crippen LogP contribution in [0.5, 0.6) is 0 Å². The average Bonchev–Trinajstić information content (AvgIpc) is 3.26. The summed E-state index contributed by atoms with van der Waals surface area (Å²) >= 11 is 1.33. The van der Waals surface area contributed by atoms with Crippen molar-refractivity contribution in [3.8, 4) is 0 Å². The molecule has 150 valence electrons. The molecule has 27 heavy (non-hydrogen) atoms. The Hall–Kier alpha value is -1.71. The van der Waals surface area contributed by atoms with Gasteiger partial charge in [-0.25, -0.2) is 14.8 Å². The van der Waals surface area contributed by atoms with Crippen LogP contribution < -0.4 is 0 Å². The van der Waals surface area contributed by atoms with Crippen molar-refractivity contribution in [2.75, 3.05) is 27.2 Å². The molecule has 0 saturated carbocycles. The molecule has 1 aromatic rings. The molecule has 2 fully saturated rings. The first kappa shape index (κ1) is 20.0. The van der Waals surface area contributed by atoms with Crippen LogP contribution in [0.1, 0.15) is 55.2 Å². The van der Waals surface area contributed by atoms with Crippen molar-refractivity contribution >= 4 is 23.3 Å². The smallest absolute Gasteiger partial charge is 0.408 e. The number of piperazine rings is 1. The zero-order valence-corrected chi connectivity index (χ0v) is 17.3. The molecule has 0 aromatic carbocycles. The number of carbonyl (C=O) groups excluding carboxylic acids is 1. The van der Waals surface area contributed by atoms with E-state index < -0.39 is 6.09 Å². The minimum atomic E-state index is -0.927. The van der Waals surface area contributed by atoms with E-state index in [9.17, 15) is 14.7 Å². The van der Waals surface area contributed by atoms with Gasteiger partial charge in [-0.1, -0.05) is 20.8 Å². The van der Waals surface area contributed by atoms with Gasteiger partial charge >= 0.3 is 6.09 Å². The van der Waals surface area contributed by atoms with Crippen molar-refractivity contribution in [1.29, 1.82) is 0 Å². The normalized spacial score (nSPS) is 26.1. The predicted molar refractivity (Wildman–Crippen MR) is 102 cm³/mol. The molecule has 8 nitrogen and oxygen atoms in total. The third kappa shape index (κ3) is 3.68. The van der Waals surface area contributed by atoms with E-state index in [1.165, 1.54) is 25.5 Å². The van der Waals surface area contributed by atoms with Crippen molar-refractivity contribution in [3.05, 3.63) is 16.1 Å². The number of carbonyl (C=O) groups is 2. The molecule has 0 radical (unpaired) electrons. The summed E-state index contributed by atoms with van der Waals surface area (Å²) in [6, 6.07) is -0.264. The molecule has 0 aliphatic carbocycles. The third-order valence-electron chi connectivity index (χ3n) is 5.52. The van der Waals surface area contributed by atoms with E-state index in [1.54, 1.807) is 10.3 Å². The molecular formula is C18H28N4O4S. The maximum absolute atomic E-state index is 12.3. The minimum absolute atomic E-state index is 0.124. The van der Waals surface area contributed by atoms with Crippen molar-refractivity contribution in [3.63, 3.8) is 0 Å². The second kappa shape index (κ2) is 7.37. The Morgan fingerprint density at radius 2 is 2.11 bits per heavy atom. The predicted octanol–water partition coefficient (Wildman–Crippen LogP) is 2.69. The summed E-state index contributed by atoms with van der Waals surface area (Å²) in [4.78, 5) is 38.0. The molecule has 1 aromatic heterocycles. The highest BCUT2D eigenvalue weighted by molar-refractivity contribution is 7.09. The highest BCUT2D eigenvalue weighted by atomic mass is 32.1. The quantitative estimate of drug-likeness (QED) is 0.791. The second-order valence-electron chi connectivity index (χ2n) is 8.28. The standard InChI is InChI=1S/C18H28N4O4S/c1-18(2,3)14-12-7-6-8-21(12)9-13(22(14)17(24)25)15-19-11(10-27-15)16(23)20(4)26-5/h10,12-14H,6-9H2,1-5H3,(H,24,25)/t12-,13-,14?/m0/s1. The van der Waals surface area contributed by atoms with Gasteiger partial charge < -0.3 is 5.11 Å². The van der Waals surface area contributed by atoms with Crippen molar-refractivity contribution < 1.29 is 19.5 Å². The summed E-state index contributed by atoms with van der Waals surface area (Å²) in [5.74, 6) is -0.343. The zero-order valence-electron chi connectivity index (χ0n) is 16.5. The molecule has 3 rings (SSSR count). The molecule has 1 unspecified atom stereocenters. The number of hydroxylamine groups is 2. The summed E-state index contributed by atoms with van der Waals surface area (Å²) in [6.45, 7) is 7.88. The first-order valence-corrected chi connectivity index (χ1v) is 10.1. The van der Waals surface area contributed by atoms with Crippen LogP contribution in [0.2, 0.25) is 0 Å². The number of hydrogen-bond acceptors (Lipinski definition) is 6. The first-order valence-electron chi connectivity index (χ1n) is 9.18. The maximum Gasteiger partial charge on any atom is 0.408 e. The van der Waals surface area contributed by atoms with Crippen LogP contribution in [0.15, 0.2) is 5.38 Å². The first-order chi connectivity index (χ1) is 12.6.